The summed E-state index contributed by atoms with van der Waals surface area (Å²) in [6.07, 6.45) is 3.55. The van der Waals surface area contributed by atoms with Gasteiger partial charge in [-0.1, -0.05) is 6.07 Å². The molecule has 144 valence electrons. The van der Waals surface area contributed by atoms with Crippen molar-refractivity contribution in [2.45, 2.75) is 6.92 Å². The van der Waals surface area contributed by atoms with Gasteiger partial charge in [-0.3, -0.25) is 0 Å². The lowest BCUT2D eigenvalue weighted by molar-refractivity contribution is 0.0564. The highest BCUT2D eigenvalue weighted by Crippen LogP contribution is 2.28. The molecule has 2 aromatic heterocycles. The van der Waals surface area contributed by atoms with Gasteiger partial charge in [0.15, 0.2) is 5.65 Å². The van der Waals surface area contributed by atoms with Crippen molar-refractivity contribution in [1.82, 2.24) is 19.9 Å². The molecule has 3 heterocycles. The molecule has 0 saturated carbocycles. The minimum Gasteiger partial charge on any atom is -0.378 e. The summed E-state index contributed by atoms with van der Waals surface area (Å²) in [6, 6.07) is 7.78. The smallest absolute Gasteiger partial charge is 0.321 e. The van der Waals surface area contributed by atoms with Gasteiger partial charge in [-0.2, -0.15) is 4.98 Å². The number of aryl methyl sites for hydroxylation is 1. The van der Waals surface area contributed by atoms with Crippen molar-refractivity contribution in [2.24, 2.45) is 0 Å². The number of benzene rings is 1. The van der Waals surface area contributed by atoms with Crippen molar-refractivity contribution in [1.29, 1.82) is 0 Å². The number of anilines is 2. The van der Waals surface area contributed by atoms with E-state index in [9.17, 15) is 4.79 Å². The van der Waals surface area contributed by atoms with Crippen molar-refractivity contribution in [2.75, 3.05) is 44.0 Å². The number of morpholine rings is 1. The fourth-order valence-electron chi connectivity index (χ4n) is 3.17. The zero-order valence-electron chi connectivity index (χ0n) is 15.9. The van der Waals surface area contributed by atoms with Crippen LogP contribution in [0.15, 0.2) is 36.7 Å². The SMILES string of the molecule is CNc1ncc2cc(-c3cc(NC(=O)N4CCOCC4)ccc3C)cnc2n1. The Kier molecular flexibility index (Phi) is 5.03. The minimum atomic E-state index is -0.109. The fraction of sp³-hybridized carbons (Fsp3) is 0.300. The predicted octanol–water partition coefficient (Wildman–Crippen LogP) is 2.91. The highest BCUT2D eigenvalue weighted by atomic mass is 16.5. The summed E-state index contributed by atoms with van der Waals surface area (Å²) in [4.78, 5) is 27.3. The molecule has 1 saturated heterocycles. The predicted molar refractivity (Wildman–Crippen MR) is 108 cm³/mol. The average Bonchev–Trinajstić information content (AvgIpc) is 2.75. The van der Waals surface area contributed by atoms with Crippen LogP contribution in [0.25, 0.3) is 22.2 Å². The molecule has 0 bridgehead atoms. The van der Waals surface area contributed by atoms with E-state index < -0.39 is 0 Å². The fourth-order valence-corrected chi connectivity index (χ4v) is 3.17. The number of hydrogen-bond acceptors (Lipinski definition) is 6. The summed E-state index contributed by atoms with van der Waals surface area (Å²) in [5.74, 6) is 0.539. The molecule has 0 spiro atoms. The molecule has 0 unspecified atom stereocenters. The van der Waals surface area contributed by atoms with E-state index in [1.165, 1.54) is 0 Å². The van der Waals surface area contributed by atoms with E-state index in [0.717, 1.165) is 27.8 Å². The van der Waals surface area contributed by atoms with Crippen LogP contribution < -0.4 is 10.6 Å². The standard InChI is InChI=1S/C20H22N6O2/c1-13-3-4-16(24-20(27)26-5-7-28-8-6-26)10-17(13)14-9-15-12-23-19(21-2)25-18(15)22-11-14/h3-4,9-12H,5-8H2,1-2H3,(H,24,27)(H,21,22,23,25). The first-order valence-electron chi connectivity index (χ1n) is 9.19. The molecular weight excluding hydrogens is 356 g/mol. The topological polar surface area (TPSA) is 92.3 Å². The lowest BCUT2D eigenvalue weighted by atomic mass is 10.0. The summed E-state index contributed by atoms with van der Waals surface area (Å²) < 4.78 is 5.30. The molecule has 1 aliphatic heterocycles. The number of fused-ring (bicyclic) bond motifs is 1. The Morgan fingerprint density at radius 3 is 2.75 bits per heavy atom. The Balaban J connectivity index is 1.61. The van der Waals surface area contributed by atoms with Gasteiger partial charge in [-0.05, 0) is 36.2 Å². The van der Waals surface area contributed by atoms with Gasteiger partial charge in [0.2, 0.25) is 5.95 Å². The van der Waals surface area contributed by atoms with E-state index in [2.05, 4.69) is 25.6 Å². The van der Waals surface area contributed by atoms with Crippen LogP contribution in [0, 0.1) is 6.92 Å². The van der Waals surface area contributed by atoms with Gasteiger partial charge in [0.25, 0.3) is 0 Å². The minimum absolute atomic E-state index is 0.109. The van der Waals surface area contributed by atoms with E-state index in [1.54, 1.807) is 24.3 Å². The maximum absolute atomic E-state index is 12.5. The summed E-state index contributed by atoms with van der Waals surface area (Å²) in [7, 11) is 1.77. The number of pyridine rings is 1. The Hall–Kier alpha value is -3.26. The van der Waals surface area contributed by atoms with E-state index in [-0.39, 0.29) is 6.03 Å². The average molecular weight is 378 g/mol. The largest absolute Gasteiger partial charge is 0.378 e. The Bertz CT molecular complexity index is 1020. The van der Waals surface area contributed by atoms with Crippen LogP contribution in [-0.4, -0.2) is 59.2 Å². The number of hydrogen-bond donors (Lipinski definition) is 2. The van der Waals surface area contributed by atoms with Crippen LogP contribution in [0.1, 0.15) is 5.56 Å². The van der Waals surface area contributed by atoms with Gasteiger partial charge in [-0.25, -0.2) is 14.8 Å². The third kappa shape index (κ3) is 3.72. The van der Waals surface area contributed by atoms with E-state index in [1.807, 2.05) is 31.2 Å². The number of ether oxygens (including phenoxy) is 1. The quantitative estimate of drug-likeness (QED) is 0.728. The lowest BCUT2D eigenvalue weighted by Crippen LogP contribution is -2.43. The van der Waals surface area contributed by atoms with Gasteiger partial charge in [0.05, 0.1) is 13.2 Å². The molecule has 1 aliphatic rings. The van der Waals surface area contributed by atoms with E-state index in [0.29, 0.717) is 37.9 Å². The summed E-state index contributed by atoms with van der Waals surface area (Å²) >= 11 is 0. The molecule has 1 aromatic carbocycles. The number of nitrogens with one attached hydrogen (secondary N) is 2. The second-order valence-corrected chi connectivity index (χ2v) is 6.64. The second-order valence-electron chi connectivity index (χ2n) is 6.64. The van der Waals surface area contributed by atoms with E-state index >= 15 is 0 Å². The highest BCUT2D eigenvalue weighted by Gasteiger charge is 2.17. The number of aromatic nitrogens is 3. The van der Waals surface area contributed by atoms with Crippen LogP contribution in [0.2, 0.25) is 0 Å². The first kappa shape index (κ1) is 18.1. The van der Waals surface area contributed by atoms with Crippen LogP contribution in [0.5, 0.6) is 0 Å². The number of carbonyl (C=O) groups is 1. The normalized spacial score (nSPS) is 14.1. The Morgan fingerprint density at radius 2 is 1.96 bits per heavy atom. The zero-order chi connectivity index (χ0) is 19.5. The number of nitrogens with zero attached hydrogens (tertiary/aromatic N) is 4. The van der Waals surface area contributed by atoms with Crippen molar-refractivity contribution in [3.8, 4) is 11.1 Å². The molecule has 1 fully saturated rings. The maximum Gasteiger partial charge on any atom is 0.321 e. The summed E-state index contributed by atoms with van der Waals surface area (Å²) in [5, 5.41) is 6.75. The van der Waals surface area contributed by atoms with Crippen molar-refractivity contribution in [3.63, 3.8) is 0 Å². The molecule has 8 nitrogen and oxygen atoms in total. The monoisotopic (exact) mass is 378 g/mol. The number of urea groups is 1. The number of carbonyl (C=O) groups excluding carboxylic acids is 1. The van der Waals surface area contributed by atoms with Gasteiger partial charge in [0, 0.05) is 49.2 Å². The molecule has 2 amide bonds. The Labute approximate surface area is 163 Å². The van der Waals surface area contributed by atoms with Gasteiger partial charge < -0.3 is 20.3 Å². The zero-order valence-corrected chi connectivity index (χ0v) is 15.9. The van der Waals surface area contributed by atoms with Crippen molar-refractivity contribution in [3.05, 3.63) is 42.2 Å². The molecular formula is C20H22N6O2. The molecule has 2 N–H and O–H groups in total. The molecule has 8 heteroatoms. The van der Waals surface area contributed by atoms with Crippen molar-refractivity contribution < 1.29 is 9.53 Å². The second kappa shape index (κ2) is 7.77. The Morgan fingerprint density at radius 1 is 1.14 bits per heavy atom. The highest BCUT2D eigenvalue weighted by molar-refractivity contribution is 5.91. The van der Waals surface area contributed by atoms with Gasteiger partial charge in [0.1, 0.15) is 0 Å². The van der Waals surface area contributed by atoms with E-state index in [4.69, 9.17) is 4.74 Å². The molecule has 28 heavy (non-hydrogen) atoms. The first-order valence-corrected chi connectivity index (χ1v) is 9.19. The molecule has 0 aliphatic carbocycles. The molecule has 4 rings (SSSR count). The van der Waals surface area contributed by atoms with Gasteiger partial charge in [-0.15, -0.1) is 0 Å². The maximum atomic E-state index is 12.5. The van der Waals surface area contributed by atoms with Crippen LogP contribution in [0.4, 0.5) is 16.4 Å². The number of amides is 2. The molecule has 0 radical (unpaired) electrons. The van der Waals surface area contributed by atoms with Crippen molar-refractivity contribution >= 4 is 28.7 Å². The first-order chi connectivity index (χ1) is 13.6. The summed E-state index contributed by atoms with van der Waals surface area (Å²) in [6.45, 7) is 4.40. The summed E-state index contributed by atoms with van der Waals surface area (Å²) in [5.41, 5.74) is 4.44. The van der Waals surface area contributed by atoms with Gasteiger partial charge >= 0.3 is 6.03 Å². The molecule has 3 aromatic rings. The third-order valence-corrected chi connectivity index (χ3v) is 4.75. The molecule has 0 atom stereocenters. The van der Waals surface area contributed by atoms with Crippen LogP contribution in [-0.2, 0) is 4.74 Å². The number of rotatable bonds is 3. The third-order valence-electron chi connectivity index (χ3n) is 4.75. The lowest BCUT2D eigenvalue weighted by Gasteiger charge is -2.27. The van der Waals surface area contributed by atoms with Crippen LogP contribution >= 0.6 is 0 Å². The van der Waals surface area contributed by atoms with Crippen LogP contribution in [0.3, 0.4) is 0 Å².